The largest absolute Gasteiger partial charge is 0.453 e. The molecule has 1 aromatic heterocycles. The lowest BCUT2D eigenvalue weighted by molar-refractivity contribution is 0.670. The lowest BCUT2D eigenvalue weighted by atomic mass is 9.94. The minimum Gasteiger partial charge on any atom is -0.453 e. The maximum absolute atomic E-state index is 8.63. The van der Waals surface area contributed by atoms with Crippen molar-refractivity contribution in [3.8, 4) is 44.5 Å². The zero-order chi connectivity index (χ0) is 40.2. The van der Waals surface area contributed by atoms with Crippen LogP contribution in [0.25, 0.3) is 77.2 Å². The minimum absolute atomic E-state index is 0.162. The molecule has 10 aromatic rings. The van der Waals surface area contributed by atoms with Crippen molar-refractivity contribution in [2.45, 2.75) is 0 Å². The standard InChI is InChI=1S/C52H35NO/c1-4-14-36(15-5-1)37-26-30-42(31-27-37)53(43-32-28-41(29-33-43)45-23-12-21-38-20-10-11-22-44(38)45)49-25-13-24-48-50-46(39-16-6-2-7-17-39)34-35-47(52(50)54-51(48)49)40-18-8-3-9-19-40/h1-35H/i1D,4D,5D,14D,15D. The molecule has 0 fully saturated rings. The van der Waals surface area contributed by atoms with Crippen LogP contribution in [0.4, 0.5) is 17.1 Å². The first-order valence-electron chi connectivity index (χ1n) is 20.5. The molecule has 0 spiro atoms. The summed E-state index contributed by atoms with van der Waals surface area (Å²) >= 11 is 0. The third-order valence-electron chi connectivity index (χ3n) is 10.2. The smallest absolute Gasteiger partial charge is 0.159 e. The molecule has 0 atom stereocenters. The Hall–Kier alpha value is -7.16. The SMILES string of the molecule is [2H]c1c([2H])c([2H])c(-c2ccc(N(c3ccc(-c4cccc5ccccc45)cc3)c3cccc4c3oc3c(-c5ccccc5)ccc(-c5ccccc5)c34)cc2)c([2H])c1[2H]. The molecule has 0 unspecified atom stereocenters. The van der Waals surface area contributed by atoms with Gasteiger partial charge in [-0.2, -0.15) is 0 Å². The fourth-order valence-electron chi connectivity index (χ4n) is 7.63. The average molecular weight is 695 g/mol. The molecule has 10 rings (SSSR count). The predicted molar refractivity (Wildman–Crippen MR) is 228 cm³/mol. The third-order valence-corrected chi connectivity index (χ3v) is 10.2. The molecule has 54 heavy (non-hydrogen) atoms. The van der Waals surface area contributed by atoms with Crippen molar-refractivity contribution in [3.63, 3.8) is 0 Å². The number of hydrogen-bond donors (Lipinski definition) is 0. The predicted octanol–water partition coefficient (Wildman–Crippen LogP) is 14.9. The van der Waals surface area contributed by atoms with Crippen molar-refractivity contribution in [3.05, 3.63) is 212 Å². The first-order chi connectivity index (χ1) is 28.9. The first-order valence-corrected chi connectivity index (χ1v) is 18.0. The van der Waals surface area contributed by atoms with E-state index in [0.29, 0.717) is 5.56 Å². The van der Waals surface area contributed by atoms with Gasteiger partial charge in [-0.25, -0.2) is 0 Å². The van der Waals surface area contributed by atoms with E-state index in [2.05, 4.69) is 138 Å². The molecule has 0 radical (unpaired) electrons. The third kappa shape index (κ3) is 5.53. The van der Waals surface area contributed by atoms with Crippen molar-refractivity contribution in [1.29, 1.82) is 0 Å². The summed E-state index contributed by atoms with van der Waals surface area (Å²) < 4.78 is 49.0. The Kier molecular flexibility index (Phi) is 6.61. The van der Waals surface area contributed by atoms with Gasteiger partial charge < -0.3 is 9.32 Å². The zero-order valence-electron chi connectivity index (χ0n) is 34.2. The highest BCUT2D eigenvalue weighted by atomic mass is 16.3. The van der Waals surface area contributed by atoms with Gasteiger partial charge in [0.05, 0.1) is 12.5 Å². The van der Waals surface area contributed by atoms with E-state index < -0.39 is 6.04 Å². The summed E-state index contributed by atoms with van der Waals surface area (Å²) in [5, 5.41) is 4.36. The normalized spacial score (nSPS) is 12.6. The van der Waals surface area contributed by atoms with E-state index in [1.165, 1.54) is 10.8 Å². The van der Waals surface area contributed by atoms with Crippen LogP contribution in [-0.4, -0.2) is 0 Å². The van der Waals surface area contributed by atoms with Gasteiger partial charge >= 0.3 is 0 Å². The Labute approximate surface area is 321 Å². The molecule has 0 N–H and O–H groups in total. The van der Waals surface area contributed by atoms with Crippen molar-refractivity contribution >= 4 is 49.8 Å². The van der Waals surface area contributed by atoms with Crippen LogP contribution in [0.2, 0.25) is 0 Å². The summed E-state index contributed by atoms with van der Waals surface area (Å²) in [6, 6.07) is 60.4. The molecule has 254 valence electrons. The molecule has 2 heteroatoms. The van der Waals surface area contributed by atoms with E-state index in [9.17, 15) is 0 Å². The molecule has 0 amide bonds. The molecule has 0 bridgehead atoms. The second-order valence-corrected chi connectivity index (χ2v) is 13.3. The van der Waals surface area contributed by atoms with Gasteiger partial charge in [0.1, 0.15) is 5.58 Å². The van der Waals surface area contributed by atoms with Gasteiger partial charge in [0.25, 0.3) is 0 Å². The van der Waals surface area contributed by atoms with Gasteiger partial charge in [-0.3, -0.25) is 0 Å². The van der Waals surface area contributed by atoms with Crippen LogP contribution >= 0.6 is 0 Å². The molecular weight excluding hydrogens is 655 g/mol. The Bertz CT molecular complexity index is 3160. The summed E-state index contributed by atoms with van der Waals surface area (Å²) in [4.78, 5) is 2.16. The molecule has 9 aromatic carbocycles. The topological polar surface area (TPSA) is 16.4 Å². The summed E-state index contributed by atoms with van der Waals surface area (Å²) in [7, 11) is 0. The number of fused-ring (bicyclic) bond motifs is 4. The van der Waals surface area contributed by atoms with Crippen LogP contribution in [-0.2, 0) is 0 Å². The number of anilines is 3. The van der Waals surface area contributed by atoms with Gasteiger partial charge in [0.2, 0.25) is 0 Å². The monoisotopic (exact) mass is 694 g/mol. The van der Waals surface area contributed by atoms with Crippen LogP contribution in [0.3, 0.4) is 0 Å². The lowest BCUT2D eigenvalue weighted by Crippen LogP contribution is -2.10. The zero-order valence-corrected chi connectivity index (χ0v) is 29.2. The molecular formula is C52H35NO. The highest BCUT2D eigenvalue weighted by Gasteiger charge is 2.23. The Morgan fingerprint density at radius 1 is 0.370 bits per heavy atom. The Morgan fingerprint density at radius 2 is 0.926 bits per heavy atom. The first kappa shape index (κ1) is 26.6. The van der Waals surface area contributed by atoms with Crippen LogP contribution in [0.1, 0.15) is 6.85 Å². The highest BCUT2D eigenvalue weighted by Crippen LogP contribution is 2.47. The van der Waals surface area contributed by atoms with Crippen molar-refractivity contribution < 1.29 is 11.3 Å². The summed E-state index contributed by atoms with van der Waals surface area (Å²) in [6.45, 7) is 0. The summed E-state index contributed by atoms with van der Waals surface area (Å²) in [5.41, 5.74) is 11.2. The maximum atomic E-state index is 8.63. The molecule has 0 aliphatic rings. The molecule has 0 saturated carbocycles. The Morgan fingerprint density at radius 3 is 1.65 bits per heavy atom. The molecule has 1 heterocycles. The van der Waals surface area contributed by atoms with Gasteiger partial charge in [0.15, 0.2) is 5.58 Å². The van der Waals surface area contributed by atoms with E-state index in [1.54, 1.807) is 0 Å². The molecule has 0 aliphatic carbocycles. The van der Waals surface area contributed by atoms with Crippen LogP contribution in [0.5, 0.6) is 0 Å². The van der Waals surface area contributed by atoms with Crippen molar-refractivity contribution in [2.24, 2.45) is 0 Å². The fourth-order valence-corrected chi connectivity index (χ4v) is 7.63. The van der Waals surface area contributed by atoms with E-state index >= 15 is 0 Å². The van der Waals surface area contributed by atoms with Crippen molar-refractivity contribution in [1.82, 2.24) is 0 Å². The maximum Gasteiger partial charge on any atom is 0.159 e. The van der Waals surface area contributed by atoms with Gasteiger partial charge in [-0.1, -0.05) is 176 Å². The Balaban J connectivity index is 1.19. The van der Waals surface area contributed by atoms with Crippen LogP contribution in [0, 0.1) is 0 Å². The number of para-hydroxylation sites is 1. The quantitative estimate of drug-likeness (QED) is 0.165. The van der Waals surface area contributed by atoms with Crippen LogP contribution in [0.15, 0.2) is 217 Å². The van der Waals surface area contributed by atoms with Crippen LogP contribution < -0.4 is 4.90 Å². The number of furan rings is 1. The van der Waals surface area contributed by atoms with Gasteiger partial charge in [-0.15, -0.1) is 0 Å². The van der Waals surface area contributed by atoms with E-state index in [0.717, 1.165) is 72.4 Å². The van der Waals surface area contributed by atoms with E-state index in [-0.39, 0.29) is 29.7 Å². The van der Waals surface area contributed by atoms with E-state index in [4.69, 9.17) is 11.3 Å². The summed E-state index contributed by atoms with van der Waals surface area (Å²) in [5.74, 6) is 0. The van der Waals surface area contributed by atoms with Gasteiger partial charge in [0, 0.05) is 27.7 Å². The minimum atomic E-state index is -0.414. The summed E-state index contributed by atoms with van der Waals surface area (Å²) in [6.07, 6.45) is 0. The number of hydrogen-bond acceptors (Lipinski definition) is 2. The second kappa shape index (κ2) is 13.4. The van der Waals surface area contributed by atoms with Crippen molar-refractivity contribution in [2.75, 3.05) is 4.90 Å². The molecule has 0 saturated heterocycles. The molecule has 0 aliphatic heterocycles. The van der Waals surface area contributed by atoms with E-state index in [1.807, 2.05) is 48.5 Å². The fraction of sp³-hybridized carbons (Fsp3) is 0. The number of nitrogens with zero attached hydrogens (tertiary/aromatic N) is 1. The van der Waals surface area contributed by atoms with Gasteiger partial charge in [-0.05, 0) is 86.1 Å². The lowest BCUT2D eigenvalue weighted by Gasteiger charge is -2.26. The average Bonchev–Trinajstić information content (AvgIpc) is 3.69. The molecule has 2 nitrogen and oxygen atoms in total. The second-order valence-electron chi connectivity index (χ2n) is 13.3. The number of benzene rings is 9. The number of rotatable bonds is 7. The highest BCUT2D eigenvalue weighted by molar-refractivity contribution is 6.19.